The van der Waals surface area contributed by atoms with Crippen LogP contribution in [0.25, 0.3) is 0 Å². The van der Waals surface area contributed by atoms with Crippen LogP contribution in [0.2, 0.25) is 0 Å². The first-order valence-electron chi connectivity index (χ1n) is 7.24. The van der Waals surface area contributed by atoms with Crippen molar-refractivity contribution in [1.29, 1.82) is 0 Å². The number of hydrogen-bond donors (Lipinski definition) is 1. The minimum atomic E-state index is -0.336. The van der Waals surface area contributed by atoms with Crippen LogP contribution in [0.1, 0.15) is 35.6 Å². The minimum absolute atomic E-state index is 0.319. The molecule has 20 heavy (non-hydrogen) atoms. The number of hydrogen-bond acceptors (Lipinski definition) is 1. The molecule has 0 fully saturated rings. The van der Waals surface area contributed by atoms with Crippen molar-refractivity contribution in [3.63, 3.8) is 0 Å². The number of aryl methyl sites for hydroxylation is 1. The molecule has 1 aliphatic rings. The van der Waals surface area contributed by atoms with Crippen LogP contribution in [0, 0.1) is 5.92 Å². The Kier molecular flexibility index (Phi) is 4.23. The Balaban J connectivity index is 1.82. The van der Waals surface area contributed by atoms with Crippen molar-refractivity contribution < 1.29 is 5.11 Å². The van der Waals surface area contributed by atoms with Gasteiger partial charge in [0.15, 0.2) is 0 Å². The molecule has 0 radical (unpaired) electrons. The Morgan fingerprint density at radius 2 is 1.80 bits per heavy atom. The standard InChI is InChI=1S/C18H19BrO/c19-16-10-8-13(9-11-16)12-15-6-3-5-14-4-1-2-7-17(14)18(15)20/h1-2,4,7-11,15,18,20H,3,5-6,12H2. The number of aliphatic hydroxyl groups excluding tert-OH is 1. The zero-order chi connectivity index (χ0) is 13.9. The number of halogens is 1. The van der Waals surface area contributed by atoms with Crippen molar-refractivity contribution in [2.75, 3.05) is 0 Å². The fourth-order valence-electron chi connectivity index (χ4n) is 3.15. The summed E-state index contributed by atoms with van der Waals surface area (Å²) in [5.74, 6) is 0.319. The van der Waals surface area contributed by atoms with Gasteiger partial charge in [0, 0.05) is 4.47 Å². The van der Waals surface area contributed by atoms with Crippen molar-refractivity contribution in [3.8, 4) is 0 Å². The Labute approximate surface area is 128 Å². The van der Waals surface area contributed by atoms with Gasteiger partial charge < -0.3 is 5.11 Å². The predicted octanol–water partition coefficient (Wildman–Crippen LogP) is 4.68. The summed E-state index contributed by atoms with van der Waals surface area (Å²) in [6.45, 7) is 0. The van der Waals surface area contributed by atoms with Gasteiger partial charge in [-0.2, -0.15) is 0 Å². The summed E-state index contributed by atoms with van der Waals surface area (Å²) in [5.41, 5.74) is 3.75. The van der Waals surface area contributed by atoms with Gasteiger partial charge in [0.25, 0.3) is 0 Å². The van der Waals surface area contributed by atoms with Gasteiger partial charge in [-0.25, -0.2) is 0 Å². The van der Waals surface area contributed by atoms with Crippen molar-refractivity contribution in [2.24, 2.45) is 5.92 Å². The average molecular weight is 331 g/mol. The quantitative estimate of drug-likeness (QED) is 0.793. The SMILES string of the molecule is OC1c2ccccc2CCCC1Cc1ccc(Br)cc1. The summed E-state index contributed by atoms with van der Waals surface area (Å²) in [6.07, 6.45) is 3.95. The van der Waals surface area contributed by atoms with Crippen molar-refractivity contribution in [2.45, 2.75) is 31.8 Å². The molecule has 0 aliphatic heterocycles. The largest absolute Gasteiger partial charge is 0.388 e. The van der Waals surface area contributed by atoms with Crippen molar-refractivity contribution in [1.82, 2.24) is 0 Å². The first-order chi connectivity index (χ1) is 9.74. The number of rotatable bonds is 2. The minimum Gasteiger partial charge on any atom is -0.388 e. The maximum atomic E-state index is 10.7. The molecule has 104 valence electrons. The normalized spacial score (nSPS) is 22.1. The lowest BCUT2D eigenvalue weighted by Crippen LogP contribution is -2.14. The van der Waals surface area contributed by atoms with Gasteiger partial charge in [-0.3, -0.25) is 0 Å². The average Bonchev–Trinajstić information content (AvgIpc) is 2.62. The van der Waals surface area contributed by atoms with E-state index in [4.69, 9.17) is 0 Å². The molecule has 2 heteroatoms. The van der Waals surface area contributed by atoms with E-state index in [1.54, 1.807) is 0 Å². The van der Waals surface area contributed by atoms with E-state index in [9.17, 15) is 5.11 Å². The second kappa shape index (κ2) is 6.11. The summed E-state index contributed by atoms with van der Waals surface area (Å²) in [6, 6.07) is 16.8. The third kappa shape index (κ3) is 2.97. The molecule has 0 saturated carbocycles. The number of aliphatic hydroxyl groups is 1. The third-order valence-electron chi connectivity index (χ3n) is 4.25. The Bertz CT molecular complexity index is 576. The van der Waals surface area contributed by atoms with Gasteiger partial charge in [-0.05, 0) is 60.4 Å². The highest BCUT2D eigenvalue weighted by Crippen LogP contribution is 2.35. The summed E-state index contributed by atoms with van der Waals surface area (Å²) in [7, 11) is 0. The van der Waals surface area contributed by atoms with Gasteiger partial charge in [0.1, 0.15) is 0 Å². The van der Waals surface area contributed by atoms with E-state index < -0.39 is 0 Å². The van der Waals surface area contributed by atoms with Crippen LogP contribution in [-0.2, 0) is 12.8 Å². The molecule has 1 N–H and O–H groups in total. The van der Waals surface area contributed by atoms with E-state index in [0.29, 0.717) is 5.92 Å². The maximum Gasteiger partial charge on any atom is 0.0824 e. The molecule has 3 rings (SSSR count). The summed E-state index contributed by atoms with van der Waals surface area (Å²) in [4.78, 5) is 0. The highest BCUT2D eigenvalue weighted by molar-refractivity contribution is 9.10. The van der Waals surface area contributed by atoms with Gasteiger partial charge in [-0.1, -0.05) is 52.3 Å². The summed E-state index contributed by atoms with van der Waals surface area (Å²) < 4.78 is 1.10. The maximum absolute atomic E-state index is 10.7. The second-order valence-electron chi connectivity index (χ2n) is 5.63. The lowest BCUT2D eigenvalue weighted by atomic mass is 9.88. The molecule has 1 aliphatic carbocycles. The highest BCUT2D eigenvalue weighted by atomic mass is 79.9. The first kappa shape index (κ1) is 13.8. The number of fused-ring (bicyclic) bond motifs is 1. The molecule has 2 atom stereocenters. The molecular formula is C18H19BrO. The van der Waals surface area contributed by atoms with Crippen LogP contribution in [-0.4, -0.2) is 5.11 Å². The van der Waals surface area contributed by atoms with Crippen molar-refractivity contribution >= 4 is 15.9 Å². The van der Waals surface area contributed by atoms with Crippen LogP contribution < -0.4 is 0 Å². The monoisotopic (exact) mass is 330 g/mol. The molecule has 0 aromatic heterocycles. The van der Waals surface area contributed by atoms with Crippen LogP contribution >= 0.6 is 15.9 Å². The van der Waals surface area contributed by atoms with Gasteiger partial charge in [-0.15, -0.1) is 0 Å². The molecule has 2 unspecified atom stereocenters. The zero-order valence-corrected chi connectivity index (χ0v) is 13.0. The van der Waals surface area contributed by atoms with Crippen LogP contribution in [0.3, 0.4) is 0 Å². The smallest absolute Gasteiger partial charge is 0.0824 e. The van der Waals surface area contributed by atoms with Gasteiger partial charge >= 0.3 is 0 Å². The van der Waals surface area contributed by atoms with E-state index in [-0.39, 0.29) is 6.10 Å². The summed E-state index contributed by atoms with van der Waals surface area (Å²) >= 11 is 3.47. The Morgan fingerprint density at radius 3 is 2.60 bits per heavy atom. The molecule has 0 amide bonds. The van der Waals surface area contributed by atoms with E-state index >= 15 is 0 Å². The molecule has 1 nitrogen and oxygen atoms in total. The Hall–Kier alpha value is -1.12. The highest BCUT2D eigenvalue weighted by Gasteiger charge is 2.25. The Morgan fingerprint density at radius 1 is 1.05 bits per heavy atom. The summed E-state index contributed by atoms with van der Waals surface area (Å²) in [5, 5.41) is 10.7. The van der Waals surface area contributed by atoms with Crippen LogP contribution in [0.5, 0.6) is 0 Å². The predicted molar refractivity (Wildman–Crippen MR) is 85.7 cm³/mol. The fourth-order valence-corrected chi connectivity index (χ4v) is 3.42. The zero-order valence-electron chi connectivity index (χ0n) is 11.4. The topological polar surface area (TPSA) is 20.2 Å². The molecule has 2 aromatic carbocycles. The first-order valence-corrected chi connectivity index (χ1v) is 8.03. The van der Waals surface area contributed by atoms with E-state index in [2.05, 4.69) is 58.4 Å². The van der Waals surface area contributed by atoms with E-state index in [1.807, 2.05) is 6.07 Å². The molecule has 0 saturated heterocycles. The van der Waals surface area contributed by atoms with Crippen LogP contribution in [0.4, 0.5) is 0 Å². The van der Waals surface area contributed by atoms with Crippen molar-refractivity contribution in [3.05, 3.63) is 69.7 Å². The molecule has 2 aromatic rings. The second-order valence-corrected chi connectivity index (χ2v) is 6.54. The molecule has 0 spiro atoms. The third-order valence-corrected chi connectivity index (χ3v) is 4.78. The molecule has 0 heterocycles. The molecular weight excluding hydrogens is 312 g/mol. The van der Waals surface area contributed by atoms with Gasteiger partial charge in [0.05, 0.1) is 6.10 Å². The lowest BCUT2D eigenvalue weighted by Gasteiger charge is -2.22. The lowest BCUT2D eigenvalue weighted by molar-refractivity contribution is 0.105. The van der Waals surface area contributed by atoms with Crippen LogP contribution in [0.15, 0.2) is 53.0 Å². The van der Waals surface area contributed by atoms with Gasteiger partial charge in [0.2, 0.25) is 0 Å². The molecule has 0 bridgehead atoms. The van der Waals surface area contributed by atoms with E-state index in [1.165, 1.54) is 11.1 Å². The van der Waals surface area contributed by atoms with E-state index in [0.717, 1.165) is 35.7 Å². The number of benzene rings is 2. The fraction of sp³-hybridized carbons (Fsp3) is 0.333.